The predicted octanol–water partition coefficient (Wildman–Crippen LogP) is 6.20. The van der Waals surface area contributed by atoms with Gasteiger partial charge in [-0.1, -0.05) is 51.4 Å². The van der Waals surface area contributed by atoms with E-state index in [1.807, 2.05) is 30.3 Å². The van der Waals surface area contributed by atoms with E-state index in [-0.39, 0.29) is 5.78 Å². The summed E-state index contributed by atoms with van der Waals surface area (Å²) < 4.78 is 2.86. The molecular formula is C16H9BrClNOS2. The first-order valence-corrected chi connectivity index (χ1v) is 9.18. The van der Waals surface area contributed by atoms with E-state index >= 15 is 0 Å². The number of fused-ring (bicyclic) bond motifs is 1. The molecule has 0 fully saturated rings. The van der Waals surface area contributed by atoms with Gasteiger partial charge < -0.3 is 0 Å². The van der Waals surface area contributed by atoms with Gasteiger partial charge in [0.2, 0.25) is 0 Å². The second kappa shape index (κ2) is 6.96. The molecule has 2 aromatic carbocycles. The normalized spacial score (nSPS) is 11.4. The Morgan fingerprint density at radius 2 is 2.14 bits per heavy atom. The van der Waals surface area contributed by atoms with Crippen LogP contribution >= 0.6 is 50.6 Å². The van der Waals surface area contributed by atoms with Crippen LogP contribution in [0.3, 0.4) is 0 Å². The third kappa shape index (κ3) is 3.79. The summed E-state index contributed by atoms with van der Waals surface area (Å²) in [7, 11) is 0. The van der Waals surface area contributed by atoms with Crippen molar-refractivity contribution in [3.05, 3.63) is 69.0 Å². The van der Waals surface area contributed by atoms with Gasteiger partial charge in [-0.2, -0.15) is 0 Å². The average Bonchev–Trinajstić information content (AvgIpc) is 2.89. The molecule has 0 atom stereocenters. The zero-order valence-corrected chi connectivity index (χ0v) is 15.1. The molecule has 0 saturated carbocycles. The van der Waals surface area contributed by atoms with E-state index in [1.54, 1.807) is 35.0 Å². The first-order valence-electron chi connectivity index (χ1n) is 6.31. The molecule has 0 aliphatic carbocycles. The number of hydrogen-bond acceptors (Lipinski definition) is 4. The standard InChI is InChI=1S/C16H9BrClNOS2/c17-11-3-1-2-10(8-11)14(20)6-7-21-16-19-13-9-12(18)4-5-15(13)22-16/h1-9H/b7-6+. The van der Waals surface area contributed by atoms with E-state index in [0.717, 1.165) is 19.0 Å². The number of ketones is 1. The van der Waals surface area contributed by atoms with Gasteiger partial charge in [0, 0.05) is 15.1 Å². The lowest BCUT2D eigenvalue weighted by molar-refractivity contribution is 0.104. The maximum absolute atomic E-state index is 12.0. The first kappa shape index (κ1) is 15.7. The molecule has 6 heteroatoms. The molecule has 22 heavy (non-hydrogen) atoms. The van der Waals surface area contributed by atoms with Crippen molar-refractivity contribution in [1.29, 1.82) is 0 Å². The second-order valence-corrected chi connectivity index (χ2v) is 7.92. The van der Waals surface area contributed by atoms with Gasteiger partial charge in [0.05, 0.1) is 10.2 Å². The highest BCUT2D eigenvalue weighted by atomic mass is 79.9. The fraction of sp³-hybridized carbons (Fsp3) is 0. The van der Waals surface area contributed by atoms with Crippen LogP contribution in [0.4, 0.5) is 0 Å². The molecule has 3 rings (SSSR count). The monoisotopic (exact) mass is 409 g/mol. The Hall–Kier alpha value is -1.14. The van der Waals surface area contributed by atoms with Crippen molar-refractivity contribution in [1.82, 2.24) is 4.98 Å². The number of allylic oxidation sites excluding steroid dienone is 1. The lowest BCUT2D eigenvalue weighted by Crippen LogP contribution is -1.92. The zero-order valence-electron chi connectivity index (χ0n) is 11.1. The molecule has 0 radical (unpaired) electrons. The van der Waals surface area contributed by atoms with Crippen LogP contribution in [0.15, 0.2) is 62.8 Å². The third-order valence-electron chi connectivity index (χ3n) is 2.83. The third-order valence-corrected chi connectivity index (χ3v) is 5.49. The zero-order chi connectivity index (χ0) is 15.5. The topological polar surface area (TPSA) is 30.0 Å². The number of thioether (sulfide) groups is 1. The Morgan fingerprint density at radius 3 is 2.95 bits per heavy atom. The van der Waals surface area contributed by atoms with Crippen molar-refractivity contribution >= 4 is 66.6 Å². The molecule has 0 unspecified atom stereocenters. The predicted molar refractivity (Wildman–Crippen MR) is 98.1 cm³/mol. The van der Waals surface area contributed by atoms with Crippen molar-refractivity contribution in [3.8, 4) is 0 Å². The highest BCUT2D eigenvalue weighted by molar-refractivity contribution is 9.10. The first-order chi connectivity index (χ1) is 10.6. The SMILES string of the molecule is O=C(/C=C/Sc1nc2cc(Cl)ccc2s1)c1cccc(Br)c1. The van der Waals surface area contributed by atoms with Crippen molar-refractivity contribution in [2.45, 2.75) is 4.34 Å². The molecule has 0 saturated heterocycles. The van der Waals surface area contributed by atoms with Gasteiger partial charge in [0.1, 0.15) is 0 Å². The number of aromatic nitrogens is 1. The summed E-state index contributed by atoms with van der Waals surface area (Å²) in [4.78, 5) is 16.5. The van der Waals surface area contributed by atoms with Crippen LogP contribution in [0.25, 0.3) is 10.2 Å². The number of nitrogens with zero attached hydrogens (tertiary/aromatic N) is 1. The fourth-order valence-electron chi connectivity index (χ4n) is 1.82. The fourth-order valence-corrected chi connectivity index (χ4v) is 4.15. The van der Waals surface area contributed by atoms with Gasteiger partial charge in [0.25, 0.3) is 0 Å². The van der Waals surface area contributed by atoms with E-state index in [9.17, 15) is 4.79 Å². The Morgan fingerprint density at radius 1 is 1.27 bits per heavy atom. The van der Waals surface area contributed by atoms with Gasteiger partial charge in [0.15, 0.2) is 10.1 Å². The van der Waals surface area contributed by atoms with Crippen LogP contribution in [0.1, 0.15) is 10.4 Å². The maximum atomic E-state index is 12.0. The van der Waals surface area contributed by atoms with E-state index in [4.69, 9.17) is 11.6 Å². The summed E-state index contributed by atoms with van der Waals surface area (Å²) in [6.45, 7) is 0. The van der Waals surface area contributed by atoms with Gasteiger partial charge in [-0.3, -0.25) is 4.79 Å². The molecule has 1 aromatic heterocycles. The molecule has 0 aliphatic heterocycles. The lowest BCUT2D eigenvalue weighted by atomic mass is 10.1. The molecule has 0 spiro atoms. The van der Waals surface area contributed by atoms with Crippen LogP contribution in [0.2, 0.25) is 5.02 Å². The van der Waals surface area contributed by atoms with Crippen LogP contribution in [0.5, 0.6) is 0 Å². The van der Waals surface area contributed by atoms with Gasteiger partial charge in [-0.25, -0.2) is 4.98 Å². The van der Waals surface area contributed by atoms with E-state index in [1.165, 1.54) is 11.8 Å². The number of halogens is 2. The summed E-state index contributed by atoms with van der Waals surface area (Å²) >= 11 is 12.3. The Kier molecular flexibility index (Phi) is 4.98. The highest BCUT2D eigenvalue weighted by Gasteiger charge is 2.05. The van der Waals surface area contributed by atoms with Crippen LogP contribution in [0, 0.1) is 0 Å². The largest absolute Gasteiger partial charge is 0.289 e. The minimum Gasteiger partial charge on any atom is -0.289 e. The van der Waals surface area contributed by atoms with Crippen LogP contribution in [-0.4, -0.2) is 10.8 Å². The summed E-state index contributed by atoms with van der Waals surface area (Å²) in [6.07, 6.45) is 1.56. The van der Waals surface area contributed by atoms with E-state index in [2.05, 4.69) is 20.9 Å². The molecule has 3 aromatic rings. The number of benzene rings is 2. The second-order valence-electron chi connectivity index (χ2n) is 4.39. The average molecular weight is 411 g/mol. The van der Waals surface area contributed by atoms with Crippen molar-refractivity contribution in [2.75, 3.05) is 0 Å². The summed E-state index contributed by atoms with van der Waals surface area (Å²) in [5.41, 5.74) is 1.54. The molecule has 1 heterocycles. The summed E-state index contributed by atoms with van der Waals surface area (Å²) in [5, 5.41) is 2.44. The van der Waals surface area contributed by atoms with Crippen molar-refractivity contribution in [3.63, 3.8) is 0 Å². The van der Waals surface area contributed by atoms with Gasteiger partial charge >= 0.3 is 0 Å². The Balaban J connectivity index is 1.71. The molecule has 0 bridgehead atoms. The summed E-state index contributed by atoms with van der Waals surface area (Å²) in [6, 6.07) is 13.0. The maximum Gasteiger partial charge on any atom is 0.186 e. The van der Waals surface area contributed by atoms with E-state index < -0.39 is 0 Å². The number of carbonyl (C=O) groups excluding carboxylic acids is 1. The van der Waals surface area contributed by atoms with Gasteiger partial charge in [-0.15, -0.1) is 11.3 Å². The highest BCUT2D eigenvalue weighted by Crippen LogP contribution is 2.31. The lowest BCUT2D eigenvalue weighted by Gasteiger charge is -1.95. The van der Waals surface area contributed by atoms with Crippen LogP contribution in [-0.2, 0) is 0 Å². The molecule has 0 aliphatic rings. The molecule has 2 nitrogen and oxygen atoms in total. The quantitative estimate of drug-likeness (QED) is 0.291. The smallest absolute Gasteiger partial charge is 0.186 e. The number of hydrogen-bond donors (Lipinski definition) is 0. The molecule has 0 amide bonds. The minimum absolute atomic E-state index is 0.0297. The number of rotatable bonds is 4. The Bertz CT molecular complexity index is 875. The molecular weight excluding hydrogens is 402 g/mol. The summed E-state index contributed by atoms with van der Waals surface area (Å²) in [5.74, 6) is -0.0297. The number of carbonyl (C=O) groups is 1. The number of thiazole rings is 1. The molecule has 0 N–H and O–H groups in total. The van der Waals surface area contributed by atoms with Crippen molar-refractivity contribution in [2.24, 2.45) is 0 Å². The van der Waals surface area contributed by atoms with E-state index in [0.29, 0.717) is 10.6 Å². The molecule has 110 valence electrons. The Labute approximate surface area is 149 Å². The van der Waals surface area contributed by atoms with Gasteiger partial charge in [-0.05, 0) is 41.8 Å². The van der Waals surface area contributed by atoms with Crippen molar-refractivity contribution < 1.29 is 4.79 Å². The minimum atomic E-state index is -0.0297. The van der Waals surface area contributed by atoms with Crippen LogP contribution < -0.4 is 0 Å².